The maximum Gasteiger partial charge on any atom is 0.247 e. The Kier molecular flexibility index (Phi) is 4.38. The van der Waals surface area contributed by atoms with Crippen molar-refractivity contribution in [2.45, 2.75) is 6.42 Å². The van der Waals surface area contributed by atoms with Gasteiger partial charge in [-0.25, -0.2) is 0 Å². The first kappa shape index (κ1) is 13.8. The molecular weight excluding hydrogens is 302 g/mol. The number of hydrogen-bond acceptors (Lipinski definition) is 1. The smallest absolute Gasteiger partial charge is 0.247 e. The van der Waals surface area contributed by atoms with Gasteiger partial charge in [0.05, 0.1) is 7.11 Å². The standard InChI is InChI=1S/C16H16NO.BrH/c1-18-16-9-5-4-8-15(16)17-11-10-13-6-2-3-7-14(13)12-17;/h2-9,12H,10-11H2,1H3;1H/q+1;/p-1. The second-order valence-corrected chi connectivity index (χ2v) is 4.44. The molecule has 3 rings (SSSR count). The van der Waals surface area contributed by atoms with Crippen molar-refractivity contribution in [1.82, 2.24) is 0 Å². The first-order valence-corrected chi connectivity index (χ1v) is 6.21. The second-order valence-electron chi connectivity index (χ2n) is 4.44. The maximum atomic E-state index is 5.42. The number of para-hydroxylation sites is 2. The van der Waals surface area contributed by atoms with E-state index in [9.17, 15) is 0 Å². The zero-order valence-electron chi connectivity index (χ0n) is 10.8. The molecule has 0 fully saturated rings. The predicted octanol–water partition coefficient (Wildman–Crippen LogP) is 0.0184. The molecule has 0 saturated carbocycles. The average molecular weight is 318 g/mol. The van der Waals surface area contributed by atoms with E-state index in [1.807, 2.05) is 18.2 Å². The van der Waals surface area contributed by atoms with E-state index in [2.05, 4.69) is 41.1 Å². The van der Waals surface area contributed by atoms with Gasteiger partial charge < -0.3 is 21.7 Å². The highest BCUT2D eigenvalue weighted by Gasteiger charge is 2.20. The lowest BCUT2D eigenvalue weighted by Crippen LogP contribution is -3.00. The molecule has 0 atom stereocenters. The molecule has 98 valence electrons. The van der Waals surface area contributed by atoms with Crippen molar-refractivity contribution < 1.29 is 26.3 Å². The van der Waals surface area contributed by atoms with Gasteiger partial charge in [-0.1, -0.05) is 30.3 Å². The Bertz CT molecular complexity index is 607. The van der Waals surface area contributed by atoms with Crippen LogP contribution in [0, 0.1) is 0 Å². The number of rotatable bonds is 2. The molecule has 1 aliphatic rings. The normalized spacial score (nSPS) is 13.0. The van der Waals surface area contributed by atoms with Gasteiger partial charge in [-0.15, -0.1) is 0 Å². The fraction of sp³-hybridized carbons (Fsp3) is 0.188. The molecular formula is C16H16BrNO. The maximum absolute atomic E-state index is 5.42. The first-order chi connectivity index (χ1) is 8.88. The third kappa shape index (κ3) is 2.71. The van der Waals surface area contributed by atoms with E-state index >= 15 is 0 Å². The summed E-state index contributed by atoms with van der Waals surface area (Å²) in [6.45, 7) is 0.997. The fourth-order valence-corrected chi connectivity index (χ4v) is 2.42. The first-order valence-electron chi connectivity index (χ1n) is 6.21. The van der Waals surface area contributed by atoms with Gasteiger partial charge in [0.1, 0.15) is 0 Å². The molecule has 19 heavy (non-hydrogen) atoms. The van der Waals surface area contributed by atoms with E-state index in [1.54, 1.807) is 7.11 Å². The Balaban J connectivity index is 0.00000133. The van der Waals surface area contributed by atoms with Crippen LogP contribution in [0.15, 0.2) is 48.5 Å². The molecule has 0 saturated heterocycles. The van der Waals surface area contributed by atoms with Crippen LogP contribution in [0.3, 0.4) is 0 Å². The van der Waals surface area contributed by atoms with Crippen molar-refractivity contribution in [3.63, 3.8) is 0 Å². The minimum Gasteiger partial charge on any atom is -1.00 e. The zero-order chi connectivity index (χ0) is 12.4. The highest BCUT2D eigenvalue weighted by molar-refractivity contribution is 5.80. The Labute approximate surface area is 124 Å². The van der Waals surface area contributed by atoms with Gasteiger partial charge in [0.2, 0.25) is 5.69 Å². The Morgan fingerprint density at radius 3 is 2.58 bits per heavy atom. The molecule has 1 heterocycles. The number of nitrogens with zero attached hydrogens (tertiary/aromatic N) is 1. The van der Waals surface area contributed by atoms with Gasteiger partial charge in [-0.05, 0) is 17.7 Å². The summed E-state index contributed by atoms with van der Waals surface area (Å²) in [5.41, 5.74) is 3.85. The van der Waals surface area contributed by atoms with Crippen molar-refractivity contribution in [3.05, 3.63) is 59.7 Å². The Hall–Kier alpha value is -1.61. The molecule has 0 unspecified atom stereocenters. The van der Waals surface area contributed by atoms with E-state index < -0.39 is 0 Å². The number of ether oxygens (including phenoxy) is 1. The van der Waals surface area contributed by atoms with Gasteiger partial charge >= 0.3 is 0 Å². The molecule has 2 aromatic rings. The fourth-order valence-electron chi connectivity index (χ4n) is 2.42. The van der Waals surface area contributed by atoms with E-state index in [0.29, 0.717) is 0 Å². The van der Waals surface area contributed by atoms with Gasteiger partial charge in [0, 0.05) is 18.1 Å². The van der Waals surface area contributed by atoms with Gasteiger partial charge in [-0.2, -0.15) is 4.58 Å². The van der Waals surface area contributed by atoms with Gasteiger partial charge in [0.25, 0.3) is 0 Å². The highest BCUT2D eigenvalue weighted by atomic mass is 79.9. The van der Waals surface area contributed by atoms with Crippen molar-refractivity contribution in [3.8, 4) is 5.75 Å². The number of fused-ring (bicyclic) bond motifs is 1. The molecule has 0 radical (unpaired) electrons. The quantitative estimate of drug-likeness (QED) is 0.711. The second kappa shape index (κ2) is 6.02. The van der Waals surface area contributed by atoms with Crippen molar-refractivity contribution in [1.29, 1.82) is 0 Å². The summed E-state index contributed by atoms with van der Waals surface area (Å²) in [5.74, 6) is 0.924. The van der Waals surface area contributed by atoms with Crippen molar-refractivity contribution in [2.24, 2.45) is 0 Å². The lowest BCUT2D eigenvalue weighted by atomic mass is 10.0. The SMILES string of the molecule is COc1ccccc1[N+]1=Cc2ccccc2CC1.[Br-]. The summed E-state index contributed by atoms with van der Waals surface area (Å²) >= 11 is 0. The van der Waals surface area contributed by atoms with Crippen LogP contribution in [0.2, 0.25) is 0 Å². The number of hydrogen-bond donors (Lipinski definition) is 0. The number of halogens is 1. The van der Waals surface area contributed by atoms with E-state index in [1.165, 1.54) is 11.1 Å². The molecule has 3 heteroatoms. The Morgan fingerprint density at radius 2 is 1.74 bits per heavy atom. The summed E-state index contributed by atoms with van der Waals surface area (Å²) in [6.07, 6.45) is 3.28. The minimum atomic E-state index is 0. The summed E-state index contributed by atoms with van der Waals surface area (Å²) < 4.78 is 7.69. The molecule has 0 N–H and O–H groups in total. The lowest BCUT2D eigenvalue weighted by molar-refractivity contribution is -0.437. The van der Waals surface area contributed by atoms with Crippen LogP contribution < -0.4 is 21.7 Å². The zero-order valence-corrected chi connectivity index (χ0v) is 12.4. The largest absolute Gasteiger partial charge is 1.00 e. The Morgan fingerprint density at radius 1 is 1.00 bits per heavy atom. The van der Waals surface area contributed by atoms with Crippen LogP contribution in [-0.4, -0.2) is 24.4 Å². The molecule has 0 aliphatic carbocycles. The summed E-state index contributed by atoms with van der Waals surface area (Å²) in [6, 6.07) is 16.7. The molecule has 2 aromatic carbocycles. The molecule has 0 spiro atoms. The van der Waals surface area contributed by atoms with Crippen LogP contribution in [0.25, 0.3) is 0 Å². The van der Waals surface area contributed by atoms with Gasteiger partial charge in [0.15, 0.2) is 18.5 Å². The minimum absolute atomic E-state index is 0. The third-order valence-corrected chi connectivity index (χ3v) is 3.37. The summed E-state index contributed by atoms with van der Waals surface area (Å²) in [4.78, 5) is 0. The van der Waals surface area contributed by atoms with Crippen molar-refractivity contribution in [2.75, 3.05) is 13.7 Å². The molecule has 0 aromatic heterocycles. The van der Waals surface area contributed by atoms with Crippen LogP contribution >= 0.6 is 0 Å². The van der Waals surface area contributed by atoms with Gasteiger partial charge in [-0.3, -0.25) is 0 Å². The van der Waals surface area contributed by atoms with E-state index in [4.69, 9.17) is 4.74 Å². The molecule has 2 nitrogen and oxygen atoms in total. The monoisotopic (exact) mass is 317 g/mol. The molecule has 0 amide bonds. The topological polar surface area (TPSA) is 12.2 Å². The number of methoxy groups -OCH3 is 1. The van der Waals surface area contributed by atoms with Crippen LogP contribution in [0.5, 0.6) is 5.75 Å². The van der Waals surface area contributed by atoms with E-state index in [0.717, 1.165) is 24.4 Å². The molecule has 0 bridgehead atoms. The molecule has 1 aliphatic heterocycles. The van der Waals surface area contributed by atoms with E-state index in [-0.39, 0.29) is 17.0 Å². The summed E-state index contributed by atoms with van der Waals surface area (Å²) in [5, 5.41) is 0. The van der Waals surface area contributed by atoms with Crippen molar-refractivity contribution >= 4 is 11.9 Å². The van der Waals surface area contributed by atoms with Crippen LogP contribution in [-0.2, 0) is 6.42 Å². The number of benzene rings is 2. The van der Waals surface area contributed by atoms with Crippen LogP contribution in [0.4, 0.5) is 5.69 Å². The summed E-state index contributed by atoms with van der Waals surface area (Å²) in [7, 11) is 1.72. The van der Waals surface area contributed by atoms with Crippen LogP contribution in [0.1, 0.15) is 11.1 Å². The lowest BCUT2D eigenvalue weighted by Gasteiger charge is -2.13. The predicted molar refractivity (Wildman–Crippen MR) is 73.1 cm³/mol. The third-order valence-electron chi connectivity index (χ3n) is 3.37. The highest BCUT2D eigenvalue weighted by Crippen LogP contribution is 2.27. The average Bonchev–Trinajstić information content (AvgIpc) is 2.46.